The molecule has 0 radical (unpaired) electrons. The lowest BCUT2D eigenvalue weighted by Crippen LogP contribution is -2.01. The number of hydrogen-bond acceptors (Lipinski definition) is 4. The quantitative estimate of drug-likeness (QED) is 0.906. The second-order valence-electron chi connectivity index (χ2n) is 3.52. The third kappa shape index (κ3) is 2.80. The molecule has 0 saturated heterocycles. The zero-order valence-electron chi connectivity index (χ0n) is 9.20. The maximum absolute atomic E-state index is 12.9. The summed E-state index contributed by atoms with van der Waals surface area (Å²) in [6, 6.07) is 6.07. The zero-order valence-corrected chi connectivity index (χ0v) is 10.0. The molecular formula is C12H10FN3S. The first kappa shape index (κ1) is 11.6. The van der Waals surface area contributed by atoms with Crippen LogP contribution in [0.25, 0.3) is 0 Å². The summed E-state index contributed by atoms with van der Waals surface area (Å²) in [6.45, 7) is 2.53. The minimum atomic E-state index is -0.405. The Morgan fingerprint density at radius 3 is 3.00 bits per heavy atom. The van der Waals surface area contributed by atoms with E-state index in [-0.39, 0.29) is 0 Å². The van der Waals surface area contributed by atoms with E-state index in [1.165, 1.54) is 12.1 Å². The lowest BCUT2D eigenvalue weighted by atomic mass is 10.2. The molecule has 5 heteroatoms. The van der Waals surface area contributed by atoms with Gasteiger partial charge in [0.25, 0.3) is 0 Å². The second-order valence-corrected chi connectivity index (χ2v) is 4.84. The molecule has 2 aromatic rings. The summed E-state index contributed by atoms with van der Waals surface area (Å²) in [6.07, 6.45) is 1.80. The Kier molecular flexibility index (Phi) is 3.35. The monoisotopic (exact) mass is 247 g/mol. The van der Waals surface area contributed by atoms with Crippen LogP contribution in [-0.4, -0.2) is 4.98 Å². The second kappa shape index (κ2) is 4.93. The molecule has 0 bridgehead atoms. The SMILES string of the molecule is Cc1cnc(CNc2ccc(F)cc2C#N)s1. The van der Waals surface area contributed by atoms with Crippen LogP contribution in [0.2, 0.25) is 0 Å². The van der Waals surface area contributed by atoms with Gasteiger partial charge in [-0.15, -0.1) is 11.3 Å². The van der Waals surface area contributed by atoms with E-state index in [0.29, 0.717) is 17.8 Å². The molecule has 0 saturated carbocycles. The van der Waals surface area contributed by atoms with Gasteiger partial charge in [-0.3, -0.25) is 0 Å². The minimum Gasteiger partial charge on any atom is -0.377 e. The number of rotatable bonds is 3. The van der Waals surface area contributed by atoms with Gasteiger partial charge in [0, 0.05) is 11.1 Å². The molecule has 17 heavy (non-hydrogen) atoms. The zero-order chi connectivity index (χ0) is 12.3. The van der Waals surface area contributed by atoms with E-state index in [0.717, 1.165) is 9.88 Å². The van der Waals surface area contributed by atoms with Gasteiger partial charge in [0.1, 0.15) is 16.9 Å². The molecule has 0 spiro atoms. The van der Waals surface area contributed by atoms with Gasteiger partial charge in [-0.2, -0.15) is 5.26 Å². The van der Waals surface area contributed by atoms with E-state index in [9.17, 15) is 4.39 Å². The summed E-state index contributed by atoms with van der Waals surface area (Å²) in [7, 11) is 0. The van der Waals surface area contributed by atoms with Crippen LogP contribution in [0.1, 0.15) is 15.4 Å². The van der Waals surface area contributed by atoms with Crippen LogP contribution in [0.4, 0.5) is 10.1 Å². The highest BCUT2D eigenvalue weighted by Gasteiger charge is 2.04. The van der Waals surface area contributed by atoms with E-state index in [2.05, 4.69) is 10.3 Å². The normalized spacial score (nSPS) is 9.94. The molecule has 1 N–H and O–H groups in total. The average molecular weight is 247 g/mol. The van der Waals surface area contributed by atoms with Gasteiger partial charge in [-0.25, -0.2) is 9.37 Å². The minimum absolute atomic E-state index is 0.304. The summed E-state index contributed by atoms with van der Waals surface area (Å²) >= 11 is 1.59. The van der Waals surface area contributed by atoms with Crippen molar-refractivity contribution in [1.29, 1.82) is 5.26 Å². The molecule has 0 amide bonds. The van der Waals surface area contributed by atoms with E-state index in [1.807, 2.05) is 13.0 Å². The number of halogens is 1. The number of nitrogens with zero attached hydrogens (tertiary/aromatic N) is 2. The Balaban J connectivity index is 2.12. The Morgan fingerprint density at radius 1 is 1.53 bits per heavy atom. The lowest BCUT2D eigenvalue weighted by Gasteiger charge is -2.06. The topological polar surface area (TPSA) is 48.7 Å². The first-order valence-corrected chi connectivity index (χ1v) is 5.85. The van der Waals surface area contributed by atoms with Crippen molar-refractivity contribution >= 4 is 17.0 Å². The molecule has 86 valence electrons. The predicted octanol–water partition coefficient (Wildman–Crippen LogP) is 3.07. The predicted molar refractivity (Wildman–Crippen MR) is 65.3 cm³/mol. The largest absolute Gasteiger partial charge is 0.377 e. The molecule has 1 aromatic carbocycles. The van der Waals surface area contributed by atoms with Crippen molar-refractivity contribution < 1.29 is 4.39 Å². The number of benzene rings is 1. The summed E-state index contributed by atoms with van der Waals surface area (Å²) in [5, 5.41) is 12.9. The average Bonchev–Trinajstić information content (AvgIpc) is 2.73. The summed E-state index contributed by atoms with van der Waals surface area (Å²) in [4.78, 5) is 5.34. The summed E-state index contributed by atoms with van der Waals surface area (Å²) in [5.74, 6) is -0.405. The van der Waals surface area contributed by atoms with Gasteiger partial charge in [0.2, 0.25) is 0 Å². The number of aryl methyl sites for hydroxylation is 1. The Bertz CT molecular complexity index is 571. The maximum Gasteiger partial charge on any atom is 0.124 e. The molecule has 0 aliphatic heterocycles. The van der Waals surface area contributed by atoms with Gasteiger partial charge in [0.05, 0.1) is 17.8 Å². The van der Waals surface area contributed by atoms with E-state index in [4.69, 9.17) is 5.26 Å². The van der Waals surface area contributed by atoms with Crippen LogP contribution in [0, 0.1) is 24.1 Å². The van der Waals surface area contributed by atoms with Crippen molar-refractivity contribution in [3.63, 3.8) is 0 Å². The molecule has 1 heterocycles. The van der Waals surface area contributed by atoms with Crippen LogP contribution >= 0.6 is 11.3 Å². The molecule has 0 fully saturated rings. The molecule has 3 nitrogen and oxygen atoms in total. The highest BCUT2D eigenvalue weighted by Crippen LogP contribution is 2.18. The van der Waals surface area contributed by atoms with Gasteiger partial charge >= 0.3 is 0 Å². The molecule has 0 unspecified atom stereocenters. The van der Waals surface area contributed by atoms with Crippen LogP contribution < -0.4 is 5.32 Å². The molecule has 2 rings (SSSR count). The van der Waals surface area contributed by atoms with Crippen molar-refractivity contribution in [3.8, 4) is 6.07 Å². The van der Waals surface area contributed by atoms with Crippen molar-refractivity contribution in [3.05, 3.63) is 45.7 Å². The fraction of sp³-hybridized carbons (Fsp3) is 0.167. The van der Waals surface area contributed by atoms with Gasteiger partial charge in [-0.05, 0) is 25.1 Å². The highest BCUT2D eigenvalue weighted by molar-refractivity contribution is 7.11. The molecule has 0 aliphatic rings. The first-order valence-electron chi connectivity index (χ1n) is 5.04. The number of aromatic nitrogens is 1. The number of thiazole rings is 1. The fourth-order valence-corrected chi connectivity index (χ4v) is 2.14. The number of nitriles is 1. The first-order chi connectivity index (χ1) is 8.19. The maximum atomic E-state index is 12.9. The molecule has 0 aliphatic carbocycles. The van der Waals surface area contributed by atoms with Crippen LogP contribution in [0.3, 0.4) is 0 Å². The number of anilines is 1. The van der Waals surface area contributed by atoms with Crippen molar-refractivity contribution in [2.75, 3.05) is 5.32 Å². The lowest BCUT2D eigenvalue weighted by molar-refractivity contribution is 0.627. The van der Waals surface area contributed by atoms with Crippen molar-refractivity contribution in [2.45, 2.75) is 13.5 Å². The van der Waals surface area contributed by atoms with E-state index in [1.54, 1.807) is 23.6 Å². The van der Waals surface area contributed by atoms with E-state index < -0.39 is 5.82 Å². The van der Waals surface area contributed by atoms with Gasteiger partial charge in [-0.1, -0.05) is 0 Å². The van der Waals surface area contributed by atoms with E-state index >= 15 is 0 Å². The smallest absolute Gasteiger partial charge is 0.124 e. The van der Waals surface area contributed by atoms with Crippen LogP contribution in [-0.2, 0) is 6.54 Å². The highest BCUT2D eigenvalue weighted by atomic mass is 32.1. The fourth-order valence-electron chi connectivity index (χ4n) is 1.42. The van der Waals surface area contributed by atoms with Crippen LogP contribution in [0.15, 0.2) is 24.4 Å². The van der Waals surface area contributed by atoms with Crippen molar-refractivity contribution in [2.24, 2.45) is 0 Å². The number of hydrogen-bond donors (Lipinski definition) is 1. The van der Waals surface area contributed by atoms with Crippen LogP contribution in [0.5, 0.6) is 0 Å². The molecule has 0 atom stereocenters. The van der Waals surface area contributed by atoms with Gasteiger partial charge in [0.15, 0.2) is 0 Å². The number of nitrogens with one attached hydrogen (secondary N) is 1. The third-order valence-corrected chi connectivity index (χ3v) is 3.11. The Hall–Kier alpha value is -1.93. The summed E-state index contributed by atoms with van der Waals surface area (Å²) in [5.41, 5.74) is 0.931. The summed E-state index contributed by atoms with van der Waals surface area (Å²) < 4.78 is 12.9. The third-order valence-electron chi connectivity index (χ3n) is 2.20. The van der Waals surface area contributed by atoms with Gasteiger partial charge < -0.3 is 5.32 Å². The van der Waals surface area contributed by atoms with Crippen molar-refractivity contribution in [1.82, 2.24) is 4.98 Å². The Labute approximate surface area is 103 Å². The molecular weight excluding hydrogens is 237 g/mol. The molecule has 1 aromatic heterocycles. The Morgan fingerprint density at radius 2 is 2.35 bits per heavy atom. The standard InChI is InChI=1S/C12H10FN3S/c1-8-6-16-12(17-8)7-15-11-3-2-10(13)4-9(11)5-14/h2-4,6,15H,7H2,1H3.